The number of amides is 1. The van der Waals surface area contributed by atoms with Crippen LogP contribution in [0.4, 0.5) is 0 Å². The Morgan fingerprint density at radius 2 is 1.69 bits per heavy atom. The lowest BCUT2D eigenvalue weighted by molar-refractivity contribution is -0.120. The number of thiazole rings is 1. The second kappa shape index (κ2) is 8.24. The molecule has 29 heavy (non-hydrogen) atoms. The summed E-state index contributed by atoms with van der Waals surface area (Å²) in [7, 11) is 0. The van der Waals surface area contributed by atoms with E-state index in [0.717, 1.165) is 26.4 Å². The fraction of sp³-hybridized carbons (Fsp3) is 0.0870. The van der Waals surface area contributed by atoms with Crippen molar-refractivity contribution in [2.75, 3.05) is 0 Å². The number of aromatic carboxylic acids is 1. The number of carboxylic acids is 1. The lowest BCUT2D eigenvalue weighted by atomic mass is 10.1. The van der Waals surface area contributed by atoms with E-state index in [9.17, 15) is 14.7 Å². The van der Waals surface area contributed by atoms with Crippen molar-refractivity contribution in [3.05, 3.63) is 88.9 Å². The first kappa shape index (κ1) is 18.8. The van der Waals surface area contributed by atoms with Gasteiger partial charge in [0.15, 0.2) is 0 Å². The number of rotatable bonds is 6. The van der Waals surface area contributed by atoms with Crippen molar-refractivity contribution in [1.82, 2.24) is 10.3 Å². The Morgan fingerprint density at radius 3 is 2.48 bits per heavy atom. The van der Waals surface area contributed by atoms with Crippen LogP contribution in [0, 0.1) is 0 Å². The highest BCUT2D eigenvalue weighted by Crippen LogP contribution is 2.28. The molecule has 0 atom stereocenters. The van der Waals surface area contributed by atoms with Crippen molar-refractivity contribution in [3.8, 4) is 11.1 Å². The summed E-state index contributed by atoms with van der Waals surface area (Å²) in [5, 5.41) is 12.7. The molecular weight excluding hydrogens is 384 g/mol. The third-order valence-corrected chi connectivity index (χ3v) is 5.59. The number of fused-ring (bicyclic) bond motifs is 1. The van der Waals surface area contributed by atoms with Crippen molar-refractivity contribution in [3.63, 3.8) is 0 Å². The normalized spacial score (nSPS) is 10.8. The van der Waals surface area contributed by atoms with Gasteiger partial charge in [-0.15, -0.1) is 11.3 Å². The highest BCUT2D eigenvalue weighted by atomic mass is 32.1. The number of benzene rings is 3. The van der Waals surface area contributed by atoms with Crippen molar-refractivity contribution < 1.29 is 14.7 Å². The minimum atomic E-state index is -1.00. The number of aromatic nitrogens is 1. The van der Waals surface area contributed by atoms with E-state index >= 15 is 0 Å². The minimum Gasteiger partial charge on any atom is -0.478 e. The predicted octanol–water partition coefficient (Wildman–Crippen LogP) is 4.52. The smallest absolute Gasteiger partial charge is 0.336 e. The molecule has 144 valence electrons. The van der Waals surface area contributed by atoms with Crippen LogP contribution in [0.1, 0.15) is 20.9 Å². The van der Waals surface area contributed by atoms with E-state index < -0.39 is 5.97 Å². The molecule has 6 heteroatoms. The van der Waals surface area contributed by atoms with Crippen molar-refractivity contribution in [1.29, 1.82) is 0 Å². The predicted molar refractivity (Wildman–Crippen MR) is 114 cm³/mol. The van der Waals surface area contributed by atoms with Gasteiger partial charge in [0, 0.05) is 6.54 Å². The molecule has 0 fully saturated rings. The van der Waals surface area contributed by atoms with Gasteiger partial charge in [0.25, 0.3) is 0 Å². The minimum absolute atomic E-state index is 0.162. The molecule has 0 aliphatic heterocycles. The molecule has 2 N–H and O–H groups in total. The number of carboxylic acid groups (broad SMARTS) is 1. The first-order valence-electron chi connectivity index (χ1n) is 9.13. The van der Waals surface area contributed by atoms with Crippen LogP contribution in [0.2, 0.25) is 0 Å². The molecule has 0 spiro atoms. The van der Waals surface area contributed by atoms with Gasteiger partial charge in [-0.05, 0) is 34.9 Å². The first-order chi connectivity index (χ1) is 14.1. The van der Waals surface area contributed by atoms with Gasteiger partial charge in [0.05, 0.1) is 22.2 Å². The zero-order valence-electron chi connectivity index (χ0n) is 15.5. The topological polar surface area (TPSA) is 79.3 Å². The Bertz CT molecular complexity index is 1190. The molecule has 0 aliphatic carbocycles. The van der Waals surface area contributed by atoms with Gasteiger partial charge in [0.1, 0.15) is 5.01 Å². The number of hydrogen-bond donors (Lipinski definition) is 2. The van der Waals surface area contributed by atoms with Crippen molar-refractivity contribution >= 4 is 33.4 Å². The Kier molecular flexibility index (Phi) is 5.35. The summed E-state index contributed by atoms with van der Waals surface area (Å²) < 4.78 is 1.03. The molecule has 3 aromatic carbocycles. The van der Waals surface area contributed by atoms with Gasteiger partial charge < -0.3 is 10.4 Å². The van der Waals surface area contributed by atoms with Gasteiger partial charge in [-0.2, -0.15) is 0 Å². The van der Waals surface area contributed by atoms with Crippen LogP contribution in [0.3, 0.4) is 0 Å². The van der Waals surface area contributed by atoms with Gasteiger partial charge in [-0.1, -0.05) is 54.6 Å². The molecule has 0 radical (unpaired) electrons. The second-order valence-electron chi connectivity index (χ2n) is 6.57. The van der Waals surface area contributed by atoms with E-state index in [1.807, 2.05) is 30.3 Å². The fourth-order valence-corrected chi connectivity index (χ4v) is 4.14. The maximum Gasteiger partial charge on any atom is 0.336 e. The maximum atomic E-state index is 12.3. The molecule has 0 saturated carbocycles. The highest BCUT2D eigenvalue weighted by Gasteiger charge is 2.12. The molecule has 0 unspecified atom stereocenters. The van der Waals surface area contributed by atoms with Gasteiger partial charge in [0.2, 0.25) is 5.91 Å². The second-order valence-corrected chi connectivity index (χ2v) is 7.69. The standard InChI is InChI=1S/C23H18N2O3S/c26-21(24-14-17-8-4-5-9-18(17)23(27)28)13-22-25-19-11-10-16(12-20(19)29-22)15-6-2-1-3-7-15/h1-12H,13-14H2,(H,24,26)(H,27,28). The van der Waals surface area contributed by atoms with E-state index in [2.05, 4.69) is 28.5 Å². The first-order valence-corrected chi connectivity index (χ1v) is 9.94. The quantitative estimate of drug-likeness (QED) is 0.497. The van der Waals surface area contributed by atoms with E-state index in [1.165, 1.54) is 17.4 Å². The van der Waals surface area contributed by atoms with Crippen LogP contribution in [-0.4, -0.2) is 22.0 Å². The Morgan fingerprint density at radius 1 is 0.931 bits per heavy atom. The van der Waals surface area contributed by atoms with E-state index in [4.69, 9.17) is 0 Å². The number of nitrogens with zero attached hydrogens (tertiary/aromatic N) is 1. The average molecular weight is 402 g/mol. The Balaban J connectivity index is 1.45. The molecule has 1 amide bonds. The molecule has 0 aliphatic rings. The van der Waals surface area contributed by atoms with E-state index in [1.54, 1.807) is 18.2 Å². The van der Waals surface area contributed by atoms with Crippen LogP contribution in [0.5, 0.6) is 0 Å². The SMILES string of the molecule is O=C(Cc1nc2ccc(-c3ccccc3)cc2s1)NCc1ccccc1C(=O)O. The van der Waals surface area contributed by atoms with Gasteiger partial charge in [-0.3, -0.25) is 4.79 Å². The summed E-state index contributed by atoms with van der Waals surface area (Å²) in [5.74, 6) is -1.19. The van der Waals surface area contributed by atoms with Crippen molar-refractivity contribution in [2.24, 2.45) is 0 Å². The molecule has 4 aromatic rings. The van der Waals surface area contributed by atoms with E-state index in [0.29, 0.717) is 5.56 Å². The average Bonchev–Trinajstić information content (AvgIpc) is 3.14. The summed E-state index contributed by atoms with van der Waals surface area (Å²) >= 11 is 1.50. The van der Waals surface area contributed by atoms with Crippen LogP contribution >= 0.6 is 11.3 Å². The summed E-state index contributed by atoms with van der Waals surface area (Å²) in [6.45, 7) is 0.171. The molecule has 0 bridgehead atoms. The van der Waals surface area contributed by atoms with Gasteiger partial charge in [-0.25, -0.2) is 9.78 Å². The van der Waals surface area contributed by atoms with Gasteiger partial charge >= 0.3 is 5.97 Å². The summed E-state index contributed by atoms with van der Waals surface area (Å²) in [4.78, 5) is 28.2. The molecular formula is C23H18N2O3S. The summed E-state index contributed by atoms with van der Waals surface area (Å²) in [6, 6.07) is 22.9. The molecule has 5 nitrogen and oxygen atoms in total. The molecule has 1 heterocycles. The lowest BCUT2D eigenvalue weighted by Gasteiger charge is -2.07. The largest absolute Gasteiger partial charge is 0.478 e. The third-order valence-electron chi connectivity index (χ3n) is 4.58. The Labute approximate surface area is 171 Å². The Hall–Kier alpha value is -3.51. The number of carbonyl (C=O) groups is 2. The van der Waals surface area contributed by atoms with Crippen LogP contribution in [-0.2, 0) is 17.8 Å². The maximum absolute atomic E-state index is 12.3. The number of nitrogens with one attached hydrogen (secondary N) is 1. The lowest BCUT2D eigenvalue weighted by Crippen LogP contribution is -2.25. The van der Waals surface area contributed by atoms with E-state index in [-0.39, 0.29) is 24.4 Å². The summed E-state index contributed by atoms with van der Waals surface area (Å²) in [6.07, 6.45) is 0.162. The molecule has 1 aromatic heterocycles. The summed E-state index contributed by atoms with van der Waals surface area (Å²) in [5.41, 5.74) is 3.89. The zero-order chi connectivity index (χ0) is 20.2. The van der Waals surface area contributed by atoms with Crippen LogP contribution in [0.25, 0.3) is 21.3 Å². The zero-order valence-corrected chi connectivity index (χ0v) is 16.3. The highest BCUT2D eigenvalue weighted by molar-refractivity contribution is 7.18. The van der Waals surface area contributed by atoms with Crippen LogP contribution in [0.15, 0.2) is 72.8 Å². The third kappa shape index (κ3) is 4.33. The van der Waals surface area contributed by atoms with Crippen LogP contribution < -0.4 is 5.32 Å². The molecule has 0 saturated heterocycles. The number of carbonyl (C=O) groups excluding carboxylic acids is 1. The molecule has 4 rings (SSSR count). The monoisotopic (exact) mass is 402 g/mol. The fourth-order valence-electron chi connectivity index (χ4n) is 3.13. The number of hydrogen-bond acceptors (Lipinski definition) is 4. The van der Waals surface area contributed by atoms with Crippen molar-refractivity contribution in [2.45, 2.75) is 13.0 Å².